The summed E-state index contributed by atoms with van der Waals surface area (Å²) in [5.74, 6) is 0. The second kappa shape index (κ2) is 5.89. The lowest BCUT2D eigenvalue weighted by molar-refractivity contribution is 0.0765. The van der Waals surface area contributed by atoms with Gasteiger partial charge in [-0.15, -0.1) is 11.3 Å². The van der Waals surface area contributed by atoms with Crippen LogP contribution in [0, 0.1) is 0 Å². The van der Waals surface area contributed by atoms with E-state index in [0.29, 0.717) is 19.1 Å². The van der Waals surface area contributed by atoms with E-state index in [1.54, 1.807) is 4.31 Å². The zero-order chi connectivity index (χ0) is 15.2. The maximum Gasteiger partial charge on any atom is 0.217 e. The molecule has 0 aromatic carbocycles. The van der Waals surface area contributed by atoms with E-state index in [1.165, 1.54) is 16.9 Å². The van der Waals surface area contributed by atoms with E-state index in [2.05, 4.69) is 16.3 Å². The Balaban J connectivity index is 1.36. The van der Waals surface area contributed by atoms with Gasteiger partial charge in [-0.05, 0) is 36.3 Å². The van der Waals surface area contributed by atoms with E-state index in [9.17, 15) is 8.42 Å². The molecule has 0 bridgehead atoms. The number of hydrogen-bond donors (Lipinski definition) is 0. The van der Waals surface area contributed by atoms with Crippen molar-refractivity contribution in [3.8, 4) is 0 Å². The molecule has 22 heavy (non-hydrogen) atoms. The third-order valence-electron chi connectivity index (χ3n) is 5.52. The number of nitrogens with zero attached hydrogens (tertiary/aromatic N) is 2. The van der Waals surface area contributed by atoms with Crippen LogP contribution in [0.25, 0.3) is 0 Å². The first-order valence-corrected chi connectivity index (χ1v) is 10.8. The monoisotopic (exact) mass is 340 g/mol. The predicted octanol–water partition coefficient (Wildman–Crippen LogP) is 2.45. The third kappa shape index (κ3) is 2.64. The van der Waals surface area contributed by atoms with Gasteiger partial charge in [-0.1, -0.05) is 19.3 Å². The third-order valence-corrected chi connectivity index (χ3v) is 8.87. The highest BCUT2D eigenvalue weighted by molar-refractivity contribution is 7.89. The number of fused-ring (bicyclic) bond motifs is 1. The van der Waals surface area contributed by atoms with Crippen LogP contribution in [0.3, 0.4) is 0 Å². The molecule has 3 heterocycles. The van der Waals surface area contributed by atoms with Crippen LogP contribution in [0.1, 0.15) is 42.5 Å². The number of thiophene rings is 1. The summed E-state index contributed by atoms with van der Waals surface area (Å²) in [5, 5.41) is 2.07. The number of rotatable bonds is 3. The summed E-state index contributed by atoms with van der Waals surface area (Å²) >= 11 is 1.86. The summed E-state index contributed by atoms with van der Waals surface area (Å²) in [6, 6.07) is 2.65. The van der Waals surface area contributed by atoms with Crippen LogP contribution in [0.2, 0.25) is 0 Å². The van der Waals surface area contributed by atoms with E-state index in [4.69, 9.17) is 0 Å². The van der Waals surface area contributed by atoms with Crippen molar-refractivity contribution >= 4 is 21.4 Å². The van der Waals surface area contributed by atoms with E-state index in [0.717, 1.165) is 45.2 Å². The van der Waals surface area contributed by atoms with Crippen molar-refractivity contribution in [2.45, 2.75) is 56.4 Å². The Bertz CT molecular complexity index is 628. The van der Waals surface area contributed by atoms with Crippen molar-refractivity contribution in [1.82, 2.24) is 9.21 Å². The van der Waals surface area contributed by atoms with Gasteiger partial charge in [0.15, 0.2) is 0 Å². The minimum absolute atomic E-state index is 0.105. The average Bonchev–Trinajstić information content (AvgIpc) is 2.94. The van der Waals surface area contributed by atoms with Crippen LogP contribution in [-0.2, 0) is 23.0 Å². The van der Waals surface area contributed by atoms with Gasteiger partial charge in [-0.2, -0.15) is 4.31 Å². The fourth-order valence-electron chi connectivity index (χ4n) is 4.01. The first-order chi connectivity index (χ1) is 10.6. The Kier molecular flexibility index (Phi) is 4.05. The molecule has 3 aliphatic rings. The molecular formula is C16H24N2O2S2. The minimum Gasteiger partial charge on any atom is -0.293 e. The summed E-state index contributed by atoms with van der Waals surface area (Å²) < 4.78 is 27.1. The maximum absolute atomic E-state index is 12.7. The first-order valence-electron chi connectivity index (χ1n) is 8.43. The quantitative estimate of drug-likeness (QED) is 0.849. The van der Waals surface area contributed by atoms with E-state index in [1.807, 2.05) is 11.3 Å². The largest absolute Gasteiger partial charge is 0.293 e. The van der Waals surface area contributed by atoms with Crippen LogP contribution in [0.5, 0.6) is 0 Å². The molecule has 2 fully saturated rings. The Labute approximate surface area is 137 Å². The molecule has 0 amide bonds. The smallest absolute Gasteiger partial charge is 0.217 e. The fourth-order valence-corrected chi connectivity index (χ4v) is 7.01. The molecule has 1 saturated carbocycles. The zero-order valence-electron chi connectivity index (χ0n) is 12.9. The van der Waals surface area contributed by atoms with E-state index < -0.39 is 10.0 Å². The Morgan fingerprint density at radius 2 is 1.91 bits per heavy atom. The molecular weight excluding hydrogens is 316 g/mol. The van der Waals surface area contributed by atoms with Crippen LogP contribution in [0.15, 0.2) is 11.4 Å². The van der Waals surface area contributed by atoms with Crippen molar-refractivity contribution in [1.29, 1.82) is 0 Å². The van der Waals surface area contributed by atoms with Crippen molar-refractivity contribution < 1.29 is 8.42 Å². The lowest BCUT2D eigenvalue weighted by atomic mass is 10.0. The molecule has 0 unspecified atom stereocenters. The lowest BCUT2D eigenvalue weighted by Gasteiger charge is -2.47. The van der Waals surface area contributed by atoms with Gasteiger partial charge in [0, 0.05) is 37.1 Å². The highest BCUT2D eigenvalue weighted by Crippen LogP contribution is 2.32. The first kappa shape index (κ1) is 15.1. The molecule has 6 heteroatoms. The van der Waals surface area contributed by atoms with Crippen LogP contribution < -0.4 is 0 Å². The van der Waals surface area contributed by atoms with Crippen molar-refractivity contribution in [2.75, 3.05) is 19.6 Å². The lowest BCUT2D eigenvalue weighted by Crippen LogP contribution is -2.62. The highest BCUT2D eigenvalue weighted by atomic mass is 32.2. The van der Waals surface area contributed by atoms with Crippen molar-refractivity contribution in [3.63, 3.8) is 0 Å². The summed E-state index contributed by atoms with van der Waals surface area (Å²) in [7, 11) is -3.04. The summed E-state index contributed by atoms with van der Waals surface area (Å²) in [5.41, 5.74) is 1.45. The molecule has 0 atom stereocenters. The second-order valence-corrected chi connectivity index (χ2v) is 10.1. The minimum atomic E-state index is -3.04. The topological polar surface area (TPSA) is 40.6 Å². The van der Waals surface area contributed by atoms with Crippen molar-refractivity contribution in [2.24, 2.45) is 0 Å². The Morgan fingerprint density at radius 1 is 1.14 bits per heavy atom. The maximum atomic E-state index is 12.7. The van der Waals surface area contributed by atoms with E-state index in [-0.39, 0.29) is 5.25 Å². The van der Waals surface area contributed by atoms with Crippen LogP contribution in [0.4, 0.5) is 0 Å². The molecule has 0 N–H and O–H groups in total. The number of sulfonamides is 1. The van der Waals surface area contributed by atoms with Gasteiger partial charge in [0.1, 0.15) is 0 Å². The second-order valence-electron chi connectivity index (χ2n) is 6.87. The van der Waals surface area contributed by atoms with Crippen molar-refractivity contribution in [3.05, 3.63) is 21.9 Å². The zero-order valence-corrected chi connectivity index (χ0v) is 14.5. The normalized spacial score (nSPS) is 25.8. The SMILES string of the molecule is O=S(=O)(C1CCCCC1)N1CC(N2CCc3sccc3C2)C1. The van der Waals surface area contributed by atoms with Gasteiger partial charge in [0.25, 0.3) is 0 Å². The molecule has 1 aromatic rings. The van der Waals surface area contributed by atoms with Gasteiger partial charge < -0.3 is 0 Å². The molecule has 1 aliphatic carbocycles. The standard InChI is InChI=1S/C16H24N2O2S2/c19-22(20,15-4-2-1-3-5-15)18-11-14(12-18)17-8-6-16-13(10-17)7-9-21-16/h7,9,14-15H,1-6,8,10-12H2. The van der Waals surface area contributed by atoms with Gasteiger partial charge in [0.05, 0.1) is 5.25 Å². The van der Waals surface area contributed by atoms with Gasteiger partial charge in [-0.3, -0.25) is 4.90 Å². The summed E-state index contributed by atoms with van der Waals surface area (Å²) in [4.78, 5) is 3.99. The Hall–Kier alpha value is -0.430. The molecule has 122 valence electrons. The summed E-state index contributed by atoms with van der Waals surface area (Å²) in [6.07, 6.45) is 6.21. The molecule has 1 saturated heterocycles. The molecule has 4 nitrogen and oxygen atoms in total. The fraction of sp³-hybridized carbons (Fsp3) is 0.750. The van der Waals surface area contributed by atoms with Crippen LogP contribution >= 0.6 is 11.3 Å². The predicted molar refractivity (Wildman–Crippen MR) is 89.6 cm³/mol. The van der Waals surface area contributed by atoms with E-state index >= 15 is 0 Å². The van der Waals surface area contributed by atoms with Gasteiger partial charge in [0.2, 0.25) is 10.0 Å². The molecule has 4 rings (SSSR count). The molecule has 2 aliphatic heterocycles. The van der Waals surface area contributed by atoms with Gasteiger partial charge >= 0.3 is 0 Å². The number of hydrogen-bond acceptors (Lipinski definition) is 4. The van der Waals surface area contributed by atoms with Crippen LogP contribution in [-0.4, -0.2) is 48.5 Å². The molecule has 1 aromatic heterocycles. The highest BCUT2D eigenvalue weighted by Gasteiger charge is 2.43. The summed E-state index contributed by atoms with van der Waals surface area (Å²) in [6.45, 7) is 3.49. The van der Waals surface area contributed by atoms with Gasteiger partial charge in [-0.25, -0.2) is 8.42 Å². The Morgan fingerprint density at radius 3 is 2.68 bits per heavy atom. The molecule has 0 spiro atoms. The average molecular weight is 341 g/mol. The molecule has 0 radical (unpaired) electrons.